The smallest absolute Gasteiger partial charge is 0.338 e. The number of aliphatic hydroxyl groups excluding tert-OH is 2. The van der Waals surface area contributed by atoms with Gasteiger partial charge in [-0.15, -0.1) is 23.5 Å². The van der Waals surface area contributed by atoms with Crippen LogP contribution in [0.15, 0.2) is 91.0 Å². The second-order valence-electron chi connectivity index (χ2n) is 8.77. The average molecular weight is 599 g/mol. The van der Waals surface area contributed by atoms with Crippen molar-refractivity contribution >= 4 is 41.4 Å². The van der Waals surface area contributed by atoms with Gasteiger partial charge in [0.1, 0.15) is 18.8 Å². The molecule has 0 radical (unpaired) electrons. The first-order chi connectivity index (χ1) is 19.8. The van der Waals surface area contributed by atoms with Crippen molar-refractivity contribution in [3.8, 4) is 0 Å². The molecule has 41 heavy (non-hydrogen) atoms. The van der Waals surface area contributed by atoms with E-state index in [-0.39, 0.29) is 16.7 Å². The van der Waals surface area contributed by atoms with Gasteiger partial charge in [-0.3, -0.25) is 0 Å². The van der Waals surface area contributed by atoms with Gasteiger partial charge in [-0.25, -0.2) is 14.4 Å². The lowest BCUT2D eigenvalue weighted by Gasteiger charge is -2.34. The van der Waals surface area contributed by atoms with Gasteiger partial charge >= 0.3 is 17.9 Å². The molecule has 0 spiro atoms. The van der Waals surface area contributed by atoms with E-state index in [1.807, 2.05) is 13.8 Å². The highest BCUT2D eigenvalue weighted by Gasteiger charge is 2.42. The van der Waals surface area contributed by atoms with Crippen molar-refractivity contribution in [2.75, 3.05) is 18.1 Å². The summed E-state index contributed by atoms with van der Waals surface area (Å²) in [6, 6.07) is 24.5. The molecule has 0 amide bonds. The van der Waals surface area contributed by atoms with Crippen LogP contribution in [0, 0.1) is 0 Å². The maximum Gasteiger partial charge on any atom is 0.338 e. The summed E-state index contributed by atoms with van der Waals surface area (Å²) < 4.78 is 16.3. The fourth-order valence-corrected chi connectivity index (χ4v) is 6.41. The van der Waals surface area contributed by atoms with Gasteiger partial charge in [-0.2, -0.15) is 0 Å². The Hall–Kier alpha value is -3.31. The lowest BCUT2D eigenvalue weighted by molar-refractivity contribution is -0.121. The summed E-state index contributed by atoms with van der Waals surface area (Å²) >= 11 is 2.87. The molecule has 0 unspecified atom stereocenters. The van der Waals surface area contributed by atoms with Crippen LogP contribution in [0.2, 0.25) is 0 Å². The first-order valence-electron chi connectivity index (χ1n) is 13.2. The molecule has 4 atom stereocenters. The van der Waals surface area contributed by atoms with E-state index in [0.717, 1.165) is 0 Å². The summed E-state index contributed by atoms with van der Waals surface area (Å²) in [7, 11) is 0. The Bertz CT molecular complexity index is 1220. The van der Waals surface area contributed by atoms with Gasteiger partial charge in [0, 0.05) is 0 Å². The van der Waals surface area contributed by atoms with Crippen LogP contribution >= 0.6 is 23.5 Å². The Kier molecular flexibility index (Phi) is 13.2. The molecule has 0 aliphatic carbocycles. The number of thioether (sulfide) groups is 2. The molecule has 3 aromatic rings. The third kappa shape index (κ3) is 9.64. The van der Waals surface area contributed by atoms with Crippen molar-refractivity contribution in [2.45, 2.75) is 42.8 Å². The van der Waals surface area contributed by atoms with Crippen molar-refractivity contribution in [3.05, 3.63) is 108 Å². The number of rotatable bonds is 15. The summed E-state index contributed by atoms with van der Waals surface area (Å²) in [4.78, 5) is 38.8. The van der Waals surface area contributed by atoms with Gasteiger partial charge in [0.25, 0.3) is 0 Å². The molecule has 2 N–H and O–H groups in total. The molecule has 218 valence electrons. The lowest BCUT2D eigenvalue weighted by atomic mass is 10.0. The van der Waals surface area contributed by atoms with Gasteiger partial charge in [-0.05, 0) is 47.9 Å². The predicted octanol–water partition coefficient (Wildman–Crippen LogP) is 4.85. The number of hydrogen-bond donors (Lipinski definition) is 2. The Morgan fingerprint density at radius 1 is 0.634 bits per heavy atom. The normalized spacial score (nSPS) is 14.0. The molecule has 8 nitrogen and oxygen atoms in total. The van der Waals surface area contributed by atoms with E-state index in [0.29, 0.717) is 11.5 Å². The van der Waals surface area contributed by atoms with Crippen molar-refractivity contribution in [1.29, 1.82) is 0 Å². The molecule has 10 heteroatoms. The molecule has 0 heterocycles. The second kappa shape index (κ2) is 16.8. The minimum absolute atomic E-state index is 0.207. The molecule has 0 bridgehead atoms. The van der Waals surface area contributed by atoms with Crippen LogP contribution < -0.4 is 0 Å². The SMILES string of the molecule is CCSC(SCC)[C@H](O)[C@@H](OC(=O)c1ccccc1)[C@H](O)[C@@H](COC(=O)c1ccccc1)OC(=O)c1ccccc1. The predicted molar refractivity (Wildman–Crippen MR) is 160 cm³/mol. The molecule has 0 fully saturated rings. The van der Waals surface area contributed by atoms with E-state index in [2.05, 4.69) is 0 Å². The summed E-state index contributed by atoms with van der Waals surface area (Å²) in [5.41, 5.74) is 0.687. The van der Waals surface area contributed by atoms with Crippen LogP contribution in [-0.4, -0.2) is 75.2 Å². The largest absolute Gasteiger partial charge is 0.458 e. The van der Waals surface area contributed by atoms with E-state index in [4.69, 9.17) is 14.2 Å². The van der Waals surface area contributed by atoms with Crippen molar-refractivity contribution in [3.63, 3.8) is 0 Å². The molecule has 0 aliphatic heterocycles. The maximum atomic E-state index is 13.1. The molecule has 3 aromatic carbocycles. The number of ether oxygens (including phenoxy) is 3. The minimum atomic E-state index is -1.74. The van der Waals surface area contributed by atoms with Crippen LogP contribution in [-0.2, 0) is 14.2 Å². The first kappa shape index (κ1) is 32.2. The first-order valence-corrected chi connectivity index (χ1v) is 15.3. The van der Waals surface area contributed by atoms with Crippen molar-refractivity contribution in [1.82, 2.24) is 0 Å². The van der Waals surface area contributed by atoms with Crippen LogP contribution in [0.1, 0.15) is 44.9 Å². The van der Waals surface area contributed by atoms with Gasteiger partial charge in [0.05, 0.1) is 21.3 Å². The molecular formula is C31H34O8S2. The van der Waals surface area contributed by atoms with E-state index < -0.39 is 53.5 Å². The number of benzene rings is 3. The molecular weight excluding hydrogens is 564 g/mol. The van der Waals surface area contributed by atoms with E-state index >= 15 is 0 Å². The summed E-state index contributed by atoms with van der Waals surface area (Å²) in [5.74, 6) is -0.936. The Morgan fingerprint density at radius 3 is 1.49 bits per heavy atom. The number of hydrogen-bond acceptors (Lipinski definition) is 10. The topological polar surface area (TPSA) is 119 Å². The fourth-order valence-electron chi connectivity index (χ4n) is 3.85. The van der Waals surface area contributed by atoms with Gasteiger partial charge in [0.15, 0.2) is 12.2 Å². The monoisotopic (exact) mass is 598 g/mol. The zero-order valence-electron chi connectivity index (χ0n) is 22.8. The Morgan fingerprint density at radius 2 is 1.05 bits per heavy atom. The summed E-state index contributed by atoms with van der Waals surface area (Å²) in [5, 5.41) is 23.0. The van der Waals surface area contributed by atoms with Gasteiger partial charge < -0.3 is 24.4 Å². The highest BCUT2D eigenvalue weighted by molar-refractivity contribution is 8.17. The van der Waals surface area contributed by atoms with Crippen LogP contribution in [0.5, 0.6) is 0 Å². The quantitative estimate of drug-likeness (QED) is 0.143. The third-order valence-electron chi connectivity index (χ3n) is 5.90. The lowest BCUT2D eigenvalue weighted by Crippen LogP contribution is -2.52. The number of carbonyl (C=O) groups is 3. The second-order valence-corrected chi connectivity index (χ2v) is 11.9. The van der Waals surface area contributed by atoms with E-state index in [1.54, 1.807) is 78.9 Å². The summed E-state index contributed by atoms with van der Waals surface area (Å²) in [6.07, 6.45) is -6.09. The van der Waals surface area contributed by atoms with Crippen LogP contribution in [0.4, 0.5) is 0 Å². The maximum absolute atomic E-state index is 13.1. The molecule has 0 aromatic heterocycles. The number of aliphatic hydroxyl groups is 2. The standard InChI is InChI=1S/C31H34O8S2/c1-3-40-31(41-4-2)26(33)27(39-30(36)23-18-12-7-13-19-23)25(32)24(38-29(35)22-16-10-6-11-17-22)20-37-28(34)21-14-8-5-9-15-21/h5-19,24-27,31-33H,3-4,20H2,1-2H3/t24-,25-,26-,27+/m1/s1. The average Bonchev–Trinajstić information content (AvgIpc) is 3.02. The van der Waals surface area contributed by atoms with Crippen LogP contribution in [0.3, 0.4) is 0 Å². The van der Waals surface area contributed by atoms with Crippen molar-refractivity contribution in [2.24, 2.45) is 0 Å². The fraction of sp³-hybridized carbons (Fsp3) is 0.323. The Balaban J connectivity index is 1.92. The Labute approximate surface area is 248 Å². The minimum Gasteiger partial charge on any atom is -0.458 e. The highest BCUT2D eigenvalue weighted by atomic mass is 32.2. The van der Waals surface area contributed by atoms with Crippen molar-refractivity contribution < 1.29 is 38.8 Å². The molecule has 0 aliphatic rings. The number of esters is 3. The van der Waals surface area contributed by atoms with Gasteiger partial charge in [0.2, 0.25) is 0 Å². The van der Waals surface area contributed by atoms with Crippen LogP contribution in [0.25, 0.3) is 0 Å². The van der Waals surface area contributed by atoms with E-state index in [1.165, 1.54) is 35.7 Å². The van der Waals surface area contributed by atoms with E-state index in [9.17, 15) is 24.6 Å². The van der Waals surface area contributed by atoms with Gasteiger partial charge in [-0.1, -0.05) is 68.4 Å². The number of carbonyl (C=O) groups excluding carboxylic acids is 3. The zero-order valence-corrected chi connectivity index (χ0v) is 24.5. The molecule has 0 saturated carbocycles. The molecule has 3 rings (SSSR count). The zero-order chi connectivity index (χ0) is 29.6. The highest BCUT2D eigenvalue weighted by Crippen LogP contribution is 2.31. The molecule has 0 saturated heterocycles. The third-order valence-corrected chi connectivity index (χ3v) is 8.60. The summed E-state index contributed by atoms with van der Waals surface area (Å²) in [6.45, 7) is 3.30.